The zero-order valence-corrected chi connectivity index (χ0v) is 17.3. The van der Waals surface area contributed by atoms with E-state index in [4.69, 9.17) is 10.5 Å². The Balaban J connectivity index is 1.52. The first kappa shape index (κ1) is 20.2. The fraction of sp³-hybridized carbons (Fsp3) is 0.261. The molecule has 2 aromatic carbocycles. The Labute approximate surface area is 182 Å². The molecule has 8 nitrogen and oxygen atoms in total. The van der Waals surface area contributed by atoms with Gasteiger partial charge in [-0.1, -0.05) is 24.3 Å². The Kier molecular flexibility index (Phi) is 4.52. The maximum Gasteiger partial charge on any atom is 0.359 e. The van der Waals surface area contributed by atoms with E-state index in [0.717, 1.165) is 29.5 Å². The number of amides is 1. The molecule has 1 amide bonds. The number of nitrogens with zero attached hydrogens (tertiary/aromatic N) is 2. The van der Waals surface area contributed by atoms with Gasteiger partial charge in [0.2, 0.25) is 11.6 Å². The quantitative estimate of drug-likeness (QED) is 0.579. The third-order valence-electron chi connectivity index (χ3n) is 6.10. The Morgan fingerprint density at radius 2 is 2.03 bits per heavy atom. The van der Waals surface area contributed by atoms with Gasteiger partial charge in [-0.25, -0.2) is 9.18 Å². The maximum absolute atomic E-state index is 14.4. The van der Waals surface area contributed by atoms with Gasteiger partial charge in [0.25, 0.3) is 0 Å². The van der Waals surface area contributed by atoms with Crippen LogP contribution in [0.5, 0.6) is 5.75 Å². The summed E-state index contributed by atoms with van der Waals surface area (Å²) in [6.07, 6.45) is 1.46. The van der Waals surface area contributed by atoms with E-state index in [1.165, 1.54) is 4.68 Å². The molecular formula is C23H21FN4O4. The number of fused-ring (bicyclic) bond motifs is 1. The van der Waals surface area contributed by atoms with Crippen molar-refractivity contribution in [3.63, 3.8) is 0 Å². The Bertz CT molecular complexity index is 1260. The standard InChI is InChI=1S/C23H21FN4O4/c1-12-19(24)20(22(30)31)27-28(12)23(7-8-23)15-4-2-3-13(9-15)14-5-6-17-18(10-14)32-11-16(25)21(29)26-17/h2-6,9-10,16H,7-8,11,25H2,1H3,(H,26,29)(H,30,31)/t16-/m0/s1. The van der Waals surface area contributed by atoms with Gasteiger partial charge < -0.3 is 20.9 Å². The molecular weight excluding hydrogens is 415 g/mol. The fourth-order valence-electron chi connectivity index (χ4n) is 4.17. The molecule has 32 heavy (non-hydrogen) atoms. The lowest BCUT2D eigenvalue weighted by Crippen LogP contribution is -2.38. The number of rotatable bonds is 4. The molecule has 1 aromatic heterocycles. The van der Waals surface area contributed by atoms with Crippen molar-refractivity contribution >= 4 is 17.6 Å². The number of anilines is 1. The van der Waals surface area contributed by atoms with Crippen molar-refractivity contribution in [1.29, 1.82) is 0 Å². The lowest BCUT2D eigenvalue weighted by molar-refractivity contribution is -0.117. The molecule has 164 valence electrons. The summed E-state index contributed by atoms with van der Waals surface area (Å²) in [6.45, 7) is 1.63. The van der Waals surface area contributed by atoms with Crippen LogP contribution >= 0.6 is 0 Å². The molecule has 0 unspecified atom stereocenters. The SMILES string of the molecule is Cc1c(F)c(C(=O)O)nn1C1(c2cccc(-c3ccc4c(c3)OC[C@H](N)C(=O)N4)c2)CC1. The van der Waals surface area contributed by atoms with Crippen molar-refractivity contribution in [3.05, 3.63) is 65.2 Å². The number of ether oxygens (including phenoxy) is 1. The minimum atomic E-state index is -1.38. The van der Waals surface area contributed by atoms with E-state index in [1.807, 2.05) is 36.4 Å². The highest BCUT2D eigenvalue weighted by Crippen LogP contribution is 2.50. The summed E-state index contributed by atoms with van der Waals surface area (Å²) < 4.78 is 21.6. The number of aromatic carboxylic acids is 1. The number of nitrogens with one attached hydrogen (secondary N) is 1. The van der Waals surface area contributed by atoms with Gasteiger partial charge in [0.05, 0.1) is 16.9 Å². The normalized spacial score (nSPS) is 18.8. The molecule has 1 aliphatic heterocycles. The van der Waals surface area contributed by atoms with Crippen molar-refractivity contribution in [1.82, 2.24) is 9.78 Å². The molecule has 1 fully saturated rings. The average molecular weight is 436 g/mol. The van der Waals surface area contributed by atoms with Crippen molar-refractivity contribution in [2.24, 2.45) is 5.73 Å². The third kappa shape index (κ3) is 3.13. The molecule has 0 radical (unpaired) electrons. The molecule has 3 aromatic rings. The van der Waals surface area contributed by atoms with Crippen LogP contribution in [-0.2, 0) is 10.3 Å². The van der Waals surface area contributed by atoms with Gasteiger partial charge in [0.1, 0.15) is 18.4 Å². The van der Waals surface area contributed by atoms with Gasteiger partial charge in [-0.2, -0.15) is 5.10 Å². The van der Waals surface area contributed by atoms with Gasteiger partial charge >= 0.3 is 5.97 Å². The molecule has 0 saturated heterocycles. The van der Waals surface area contributed by atoms with Crippen molar-refractivity contribution in [3.8, 4) is 16.9 Å². The topological polar surface area (TPSA) is 119 Å². The van der Waals surface area contributed by atoms with Crippen LogP contribution in [0.2, 0.25) is 0 Å². The van der Waals surface area contributed by atoms with Crippen molar-refractivity contribution in [2.75, 3.05) is 11.9 Å². The molecule has 5 rings (SSSR count). The van der Waals surface area contributed by atoms with Crippen LogP contribution in [-0.4, -0.2) is 39.4 Å². The molecule has 9 heteroatoms. The van der Waals surface area contributed by atoms with Crippen molar-refractivity contribution in [2.45, 2.75) is 31.3 Å². The number of aromatic nitrogens is 2. The number of hydrogen-bond acceptors (Lipinski definition) is 5. The van der Waals surface area contributed by atoms with Gasteiger partial charge in [0.15, 0.2) is 5.82 Å². The van der Waals surface area contributed by atoms with Crippen LogP contribution in [0.15, 0.2) is 42.5 Å². The number of benzene rings is 2. The third-order valence-corrected chi connectivity index (χ3v) is 6.10. The summed E-state index contributed by atoms with van der Waals surface area (Å²) in [5, 5.41) is 16.1. The van der Waals surface area contributed by atoms with E-state index >= 15 is 0 Å². The Morgan fingerprint density at radius 3 is 2.72 bits per heavy atom. The zero-order chi connectivity index (χ0) is 22.6. The molecule has 1 saturated carbocycles. The van der Waals surface area contributed by atoms with Crippen LogP contribution < -0.4 is 15.8 Å². The molecule has 1 aliphatic carbocycles. The highest BCUT2D eigenvalue weighted by molar-refractivity contribution is 5.97. The van der Waals surface area contributed by atoms with Gasteiger partial charge in [-0.15, -0.1) is 0 Å². The number of carboxylic acid groups (broad SMARTS) is 1. The highest BCUT2D eigenvalue weighted by atomic mass is 19.1. The van der Waals surface area contributed by atoms with E-state index in [0.29, 0.717) is 11.4 Å². The van der Waals surface area contributed by atoms with Crippen molar-refractivity contribution < 1.29 is 23.8 Å². The maximum atomic E-state index is 14.4. The zero-order valence-electron chi connectivity index (χ0n) is 17.3. The molecule has 2 aliphatic rings. The second-order valence-electron chi connectivity index (χ2n) is 8.20. The van der Waals surface area contributed by atoms with Gasteiger partial charge in [0, 0.05) is 0 Å². The number of carbonyl (C=O) groups excluding carboxylic acids is 1. The number of nitrogens with two attached hydrogens (primary N) is 1. The van der Waals surface area contributed by atoms with Crippen LogP contribution in [0.25, 0.3) is 11.1 Å². The van der Waals surface area contributed by atoms with E-state index in [9.17, 15) is 19.1 Å². The first-order valence-corrected chi connectivity index (χ1v) is 10.2. The number of hydrogen-bond donors (Lipinski definition) is 3. The van der Waals surface area contributed by atoms with Crippen LogP contribution in [0.4, 0.5) is 10.1 Å². The largest absolute Gasteiger partial charge is 0.489 e. The first-order chi connectivity index (χ1) is 15.3. The van der Waals surface area contributed by atoms with Crippen LogP contribution in [0.1, 0.15) is 34.6 Å². The fourth-order valence-corrected chi connectivity index (χ4v) is 4.17. The summed E-state index contributed by atoms with van der Waals surface area (Å²) in [6, 6.07) is 12.5. The Hall–Kier alpha value is -3.72. The summed E-state index contributed by atoms with van der Waals surface area (Å²) in [7, 11) is 0. The first-order valence-electron chi connectivity index (χ1n) is 10.2. The summed E-state index contributed by atoms with van der Waals surface area (Å²) >= 11 is 0. The van der Waals surface area contributed by atoms with E-state index < -0.39 is 29.1 Å². The monoisotopic (exact) mass is 436 g/mol. The number of carbonyl (C=O) groups is 2. The molecule has 4 N–H and O–H groups in total. The van der Waals surface area contributed by atoms with E-state index in [1.54, 1.807) is 13.0 Å². The summed E-state index contributed by atoms with van der Waals surface area (Å²) in [4.78, 5) is 23.3. The Morgan fingerprint density at radius 1 is 1.28 bits per heavy atom. The second kappa shape index (κ2) is 7.16. The minimum Gasteiger partial charge on any atom is -0.489 e. The van der Waals surface area contributed by atoms with Crippen LogP contribution in [0, 0.1) is 12.7 Å². The number of carboxylic acids is 1. The lowest BCUT2D eigenvalue weighted by atomic mass is 9.97. The number of halogens is 1. The molecule has 0 spiro atoms. The van der Waals surface area contributed by atoms with E-state index in [-0.39, 0.29) is 18.2 Å². The molecule has 1 atom stereocenters. The highest BCUT2D eigenvalue weighted by Gasteiger charge is 2.49. The minimum absolute atomic E-state index is 0.0848. The van der Waals surface area contributed by atoms with Gasteiger partial charge in [-0.05, 0) is 54.7 Å². The smallest absolute Gasteiger partial charge is 0.359 e. The molecule has 0 bridgehead atoms. The predicted octanol–water partition coefficient (Wildman–Crippen LogP) is 2.89. The van der Waals surface area contributed by atoms with Gasteiger partial charge in [-0.3, -0.25) is 9.48 Å². The second-order valence-corrected chi connectivity index (χ2v) is 8.20. The van der Waals surface area contributed by atoms with E-state index in [2.05, 4.69) is 10.4 Å². The molecule has 2 heterocycles. The summed E-state index contributed by atoms with van der Waals surface area (Å²) in [5.41, 5.74) is 8.10. The average Bonchev–Trinajstić information content (AvgIpc) is 3.55. The summed E-state index contributed by atoms with van der Waals surface area (Å²) in [5.74, 6) is -1.95. The van der Waals surface area contributed by atoms with Crippen LogP contribution in [0.3, 0.4) is 0 Å². The predicted molar refractivity (Wildman–Crippen MR) is 114 cm³/mol. The lowest BCUT2D eigenvalue weighted by Gasteiger charge is -2.19.